The highest BCUT2D eigenvalue weighted by molar-refractivity contribution is 5.04. The van der Waals surface area contributed by atoms with Crippen LogP contribution in [0.1, 0.15) is 31.3 Å². The van der Waals surface area contributed by atoms with E-state index in [1.165, 1.54) is 12.8 Å². The number of hydrogen-bond acceptors (Lipinski definition) is 2. The molecule has 12 heavy (non-hydrogen) atoms. The molecule has 0 aromatic carbocycles. The minimum absolute atomic E-state index is 0.855. The third-order valence-corrected chi connectivity index (χ3v) is 1.80. The van der Waals surface area contributed by atoms with Gasteiger partial charge in [0.25, 0.3) is 0 Å². The highest BCUT2D eigenvalue weighted by atomic mass is 16.3. The first-order valence-corrected chi connectivity index (χ1v) is 4.59. The van der Waals surface area contributed by atoms with Crippen molar-refractivity contribution in [1.82, 2.24) is 5.32 Å². The number of rotatable bonds is 5. The van der Waals surface area contributed by atoms with Crippen LogP contribution in [0.2, 0.25) is 0 Å². The molecule has 1 heterocycles. The lowest BCUT2D eigenvalue weighted by atomic mass is 10.3. The SMILES string of the molecule is CCCCNCc1ccc(C)o1. The Morgan fingerprint density at radius 2 is 2.25 bits per heavy atom. The molecule has 0 aliphatic rings. The molecule has 1 aromatic heterocycles. The summed E-state index contributed by atoms with van der Waals surface area (Å²) < 4.78 is 5.40. The molecule has 0 aliphatic heterocycles. The van der Waals surface area contributed by atoms with Crippen molar-refractivity contribution in [3.63, 3.8) is 0 Å². The van der Waals surface area contributed by atoms with Crippen molar-refractivity contribution in [2.24, 2.45) is 0 Å². The number of furan rings is 1. The highest BCUT2D eigenvalue weighted by Crippen LogP contribution is 2.05. The Morgan fingerprint density at radius 1 is 1.42 bits per heavy atom. The zero-order chi connectivity index (χ0) is 8.81. The van der Waals surface area contributed by atoms with Gasteiger partial charge in [0, 0.05) is 0 Å². The summed E-state index contributed by atoms with van der Waals surface area (Å²) in [6, 6.07) is 4.02. The van der Waals surface area contributed by atoms with Crippen LogP contribution >= 0.6 is 0 Å². The van der Waals surface area contributed by atoms with Crippen LogP contribution in [0.5, 0.6) is 0 Å². The van der Waals surface area contributed by atoms with Crippen molar-refractivity contribution in [2.45, 2.75) is 33.2 Å². The normalized spacial score (nSPS) is 10.5. The van der Waals surface area contributed by atoms with Gasteiger partial charge in [-0.1, -0.05) is 13.3 Å². The Labute approximate surface area is 74.0 Å². The Hall–Kier alpha value is -0.760. The second-order valence-electron chi connectivity index (χ2n) is 3.04. The molecule has 1 N–H and O–H groups in total. The predicted molar refractivity (Wildman–Crippen MR) is 50.1 cm³/mol. The van der Waals surface area contributed by atoms with Gasteiger partial charge in [-0.25, -0.2) is 0 Å². The van der Waals surface area contributed by atoms with Gasteiger partial charge in [0.1, 0.15) is 11.5 Å². The van der Waals surface area contributed by atoms with E-state index in [1.807, 2.05) is 19.1 Å². The van der Waals surface area contributed by atoms with Crippen LogP contribution in [0, 0.1) is 6.92 Å². The fourth-order valence-corrected chi connectivity index (χ4v) is 1.09. The van der Waals surface area contributed by atoms with Gasteiger partial charge >= 0.3 is 0 Å². The van der Waals surface area contributed by atoms with Crippen molar-refractivity contribution in [1.29, 1.82) is 0 Å². The molecule has 68 valence electrons. The molecule has 0 radical (unpaired) electrons. The van der Waals surface area contributed by atoms with Crippen LogP contribution in [0.4, 0.5) is 0 Å². The van der Waals surface area contributed by atoms with Gasteiger partial charge in [-0.05, 0) is 32.0 Å². The maximum absolute atomic E-state index is 5.40. The lowest BCUT2D eigenvalue weighted by Gasteiger charge is -1.99. The molecular formula is C10H17NO. The van der Waals surface area contributed by atoms with E-state index < -0.39 is 0 Å². The van der Waals surface area contributed by atoms with Crippen molar-refractivity contribution in [3.8, 4) is 0 Å². The molecule has 0 bridgehead atoms. The van der Waals surface area contributed by atoms with Crippen LogP contribution in [0.25, 0.3) is 0 Å². The molecule has 0 fully saturated rings. The van der Waals surface area contributed by atoms with Gasteiger partial charge in [-0.15, -0.1) is 0 Å². The van der Waals surface area contributed by atoms with Crippen LogP contribution in [0.15, 0.2) is 16.5 Å². The Morgan fingerprint density at radius 3 is 2.83 bits per heavy atom. The third-order valence-electron chi connectivity index (χ3n) is 1.80. The van der Waals surface area contributed by atoms with Crippen molar-refractivity contribution in [3.05, 3.63) is 23.7 Å². The lowest BCUT2D eigenvalue weighted by molar-refractivity contribution is 0.460. The van der Waals surface area contributed by atoms with Gasteiger partial charge in [0.2, 0.25) is 0 Å². The van der Waals surface area contributed by atoms with Crippen molar-refractivity contribution in [2.75, 3.05) is 6.54 Å². The van der Waals surface area contributed by atoms with Gasteiger partial charge in [0.05, 0.1) is 6.54 Å². The monoisotopic (exact) mass is 167 g/mol. The molecule has 2 nitrogen and oxygen atoms in total. The summed E-state index contributed by atoms with van der Waals surface area (Å²) in [5.74, 6) is 2.02. The predicted octanol–water partition coefficient (Wildman–Crippen LogP) is 2.48. The van der Waals surface area contributed by atoms with Gasteiger partial charge in [0.15, 0.2) is 0 Å². The number of unbranched alkanes of at least 4 members (excludes halogenated alkanes) is 1. The maximum Gasteiger partial charge on any atom is 0.117 e. The fourth-order valence-electron chi connectivity index (χ4n) is 1.09. The second kappa shape index (κ2) is 4.99. The smallest absolute Gasteiger partial charge is 0.117 e. The molecule has 0 unspecified atom stereocenters. The van der Waals surface area contributed by atoms with Crippen molar-refractivity contribution >= 4 is 0 Å². The zero-order valence-electron chi connectivity index (χ0n) is 7.89. The third kappa shape index (κ3) is 3.09. The first-order chi connectivity index (χ1) is 5.83. The van der Waals surface area contributed by atoms with E-state index in [2.05, 4.69) is 12.2 Å². The standard InChI is InChI=1S/C10H17NO/c1-3-4-7-11-8-10-6-5-9(2)12-10/h5-6,11H,3-4,7-8H2,1-2H3. The summed E-state index contributed by atoms with van der Waals surface area (Å²) >= 11 is 0. The molecule has 0 aliphatic carbocycles. The number of hydrogen-bond donors (Lipinski definition) is 1. The topological polar surface area (TPSA) is 25.2 Å². The molecule has 0 saturated carbocycles. The Kier molecular flexibility index (Phi) is 3.88. The van der Waals surface area contributed by atoms with Crippen LogP contribution < -0.4 is 5.32 Å². The Bertz CT molecular complexity index is 217. The molecule has 1 rings (SSSR count). The summed E-state index contributed by atoms with van der Waals surface area (Å²) in [4.78, 5) is 0. The van der Waals surface area contributed by atoms with E-state index in [1.54, 1.807) is 0 Å². The van der Waals surface area contributed by atoms with E-state index in [0.29, 0.717) is 0 Å². The lowest BCUT2D eigenvalue weighted by Crippen LogP contribution is -2.13. The number of nitrogens with one attached hydrogen (secondary N) is 1. The minimum Gasteiger partial charge on any atom is -0.465 e. The first kappa shape index (κ1) is 9.33. The molecule has 0 saturated heterocycles. The van der Waals surface area contributed by atoms with Crippen LogP contribution in [-0.4, -0.2) is 6.54 Å². The Balaban J connectivity index is 2.15. The quantitative estimate of drug-likeness (QED) is 0.681. The van der Waals surface area contributed by atoms with E-state index >= 15 is 0 Å². The zero-order valence-corrected chi connectivity index (χ0v) is 7.89. The van der Waals surface area contributed by atoms with Crippen LogP contribution in [-0.2, 0) is 6.54 Å². The van der Waals surface area contributed by atoms with Crippen LogP contribution in [0.3, 0.4) is 0 Å². The van der Waals surface area contributed by atoms with Gasteiger partial charge in [-0.3, -0.25) is 0 Å². The van der Waals surface area contributed by atoms with E-state index in [0.717, 1.165) is 24.6 Å². The van der Waals surface area contributed by atoms with Gasteiger partial charge < -0.3 is 9.73 Å². The highest BCUT2D eigenvalue weighted by Gasteiger charge is 1.96. The first-order valence-electron chi connectivity index (χ1n) is 4.59. The molecule has 0 spiro atoms. The van der Waals surface area contributed by atoms with E-state index in [-0.39, 0.29) is 0 Å². The fraction of sp³-hybridized carbons (Fsp3) is 0.600. The minimum atomic E-state index is 0.855. The summed E-state index contributed by atoms with van der Waals surface area (Å²) in [5.41, 5.74) is 0. The summed E-state index contributed by atoms with van der Waals surface area (Å²) in [7, 11) is 0. The molecule has 1 aromatic rings. The molecular weight excluding hydrogens is 150 g/mol. The summed E-state index contributed by atoms with van der Waals surface area (Å²) in [5, 5.41) is 3.32. The molecule has 2 heteroatoms. The van der Waals surface area contributed by atoms with E-state index in [4.69, 9.17) is 4.42 Å². The summed E-state index contributed by atoms with van der Waals surface area (Å²) in [6.07, 6.45) is 2.48. The van der Waals surface area contributed by atoms with Gasteiger partial charge in [-0.2, -0.15) is 0 Å². The molecule has 0 amide bonds. The number of aryl methyl sites for hydroxylation is 1. The summed E-state index contributed by atoms with van der Waals surface area (Å²) in [6.45, 7) is 6.10. The largest absolute Gasteiger partial charge is 0.465 e. The maximum atomic E-state index is 5.40. The van der Waals surface area contributed by atoms with Crippen molar-refractivity contribution < 1.29 is 4.42 Å². The second-order valence-corrected chi connectivity index (χ2v) is 3.04. The molecule has 0 atom stereocenters. The average molecular weight is 167 g/mol. The van der Waals surface area contributed by atoms with E-state index in [9.17, 15) is 0 Å². The average Bonchev–Trinajstić information content (AvgIpc) is 2.45.